The number of hydrogen-bond acceptors (Lipinski definition) is 3. The summed E-state index contributed by atoms with van der Waals surface area (Å²) in [5.41, 5.74) is 0.437. The van der Waals surface area contributed by atoms with E-state index in [0.29, 0.717) is 48.9 Å². The van der Waals surface area contributed by atoms with Crippen LogP contribution in [0.4, 0.5) is 0 Å². The van der Waals surface area contributed by atoms with Crippen molar-refractivity contribution in [1.82, 2.24) is 0 Å². The van der Waals surface area contributed by atoms with E-state index in [1.807, 2.05) is 12.2 Å². The Morgan fingerprint density at radius 3 is 2.44 bits per heavy atom. The van der Waals surface area contributed by atoms with Crippen molar-refractivity contribution in [3.05, 3.63) is 25.3 Å². The molecular formula is C31H52O3. The molecule has 34 heavy (non-hydrogen) atoms. The highest BCUT2D eigenvalue weighted by Crippen LogP contribution is 2.69. The van der Waals surface area contributed by atoms with Crippen LogP contribution in [-0.4, -0.2) is 36.6 Å². The normalized spacial score (nSPS) is 46.7. The fourth-order valence-corrected chi connectivity index (χ4v) is 9.60. The fourth-order valence-electron chi connectivity index (χ4n) is 9.60. The molecule has 194 valence electrons. The predicted molar refractivity (Wildman–Crippen MR) is 141 cm³/mol. The van der Waals surface area contributed by atoms with Crippen LogP contribution in [0.3, 0.4) is 0 Å². The summed E-state index contributed by atoms with van der Waals surface area (Å²) in [6, 6.07) is 0. The molecule has 0 unspecified atom stereocenters. The molecule has 3 heteroatoms. The van der Waals surface area contributed by atoms with E-state index in [4.69, 9.17) is 9.47 Å². The summed E-state index contributed by atoms with van der Waals surface area (Å²) in [5, 5.41) is 11.7. The van der Waals surface area contributed by atoms with Gasteiger partial charge in [-0.3, -0.25) is 0 Å². The van der Waals surface area contributed by atoms with Gasteiger partial charge in [-0.15, -0.1) is 13.2 Å². The summed E-state index contributed by atoms with van der Waals surface area (Å²) < 4.78 is 12.8. The van der Waals surface area contributed by atoms with Gasteiger partial charge in [0, 0.05) is 5.41 Å². The number of ether oxygens (including phenoxy) is 2. The standard InChI is InChI=1S/C31H52O3/c1-7-10-11-21(4)24-12-13-25-29-26(20-28(31(24,25)6)34-17-9-3)30(5)15-14-23(33-16-8-2)18-22(30)19-27(29)32/h8-9,21-29,32H,2-3,7,10-20H2,1,4-6H3/t21-,22+,23-,24-,25+,26+,27-,28+,29+,30+,31-/m1/s1. The smallest absolute Gasteiger partial charge is 0.0648 e. The van der Waals surface area contributed by atoms with Gasteiger partial charge >= 0.3 is 0 Å². The van der Waals surface area contributed by atoms with Crippen molar-refractivity contribution in [3.63, 3.8) is 0 Å². The van der Waals surface area contributed by atoms with Crippen LogP contribution in [0, 0.1) is 46.3 Å². The molecule has 0 bridgehead atoms. The highest BCUT2D eigenvalue weighted by atomic mass is 16.5. The Labute approximate surface area is 209 Å². The van der Waals surface area contributed by atoms with E-state index in [0.717, 1.165) is 31.6 Å². The van der Waals surface area contributed by atoms with Crippen LogP contribution in [0.15, 0.2) is 25.3 Å². The topological polar surface area (TPSA) is 38.7 Å². The summed E-state index contributed by atoms with van der Waals surface area (Å²) >= 11 is 0. The van der Waals surface area contributed by atoms with Crippen molar-refractivity contribution in [2.24, 2.45) is 46.3 Å². The molecule has 0 aromatic rings. The van der Waals surface area contributed by atoms with Crippen molar-refractivity contribution >= 4 is 0 Å². The second kappa shape index (κ2) is 10.8. The van der Waals surface area contributed by atoms with E-state index in [1.165, 1.54) is 38.5 Å². The largest absolute Gasteiger partial charge is 0.393 e. The van der Waals surface area contributed by atoms with Gasteiger partial charge in [0.1, 0.15) is 0 Å². The van der Waals surface area contributed by atoms with Gasteiger partial charge < -0.3 is 14.6 Å². The molecule has 3 nitrogen and oxygen atoms in total. The molecule has 0 radical (unpaired) electrons. The summed E-state index contributed by atoms with van der Waals surface area (Å²) in [7, 11) is 0. The lowest BCUT2D eigenvalue weighted by Crippen LogP contribution is -2.62. The second-order valence-electron chi connectivity index (χ2n) is 12.8. The van der Waals surface area contributed by atoms with Gasteiger partial charge in [0.25, 0.3) is 0 Å². The monoisotopic (exact) mass is 472 g/mol. The summed E-state index contributed by atoms with van der Waals surface area (Å²) in [6.45, 7) is 19.0. The van der Waals surface area contributed by atoms with E-state index in [2.05, 4.69) is 40.9 Å². The van der Waals surface area contributed by atoms with Gasteiger partial charge in [0.15, 0.2) is 0 Å². The molecule has 0 amide bonds. The van der Waals surface area contributed by atoms with Crippen molar-refractivity contribution < 1.29 is 14.6 Å². The van der Waals surface area contributed by atoms with E-state index in [1.54, 1.807) is 0 Å². The highest BCUT2D eigenvalue weighted by Gasteiger charge is 2.66. The maximum Gasteiger partial charge on any atom is 0.0648 e. The molecule has 1 N–H and O–H groups in total. The van der Waals surface area contributed by atoms with E-state index < -0.39 is 0 Å². The lowest BCUT2D eigenvalue weighted by Gasteiger charge is -2.64. The summed E-state index contributed by atoms with van der Waals surface area (Å²) in [4.78, 5) is 0. The average molecular weight is 473 g/mol. The van der Waals surface area contributed by atoms with Gasteiger partial charge in [-0.05, 0) is 85.9 Å². The van der Waals surface area contributed by atoms with Gasteiger partial charge in [0.2, 0.25) is 0 Å². The Balaban J connectivity index is 1.62. The van der Waals surface area contributed by atoms with Crippen LogP contribution in [0.1, 0.15) is 91.9 Å². The summed E-state index contributed by atoms with van der Waals surface area (Å²) in [5.74, 6) is 3.49. The molecule has 0 saturated heterocycles. The Bertz CT molecular complexity index is 705. The molecule has 4 aliphatic carbocycles. The SMILES string of the molecule is C=CCO[C@@H]1CC[C@@]2(C)[C@@H](C1)C[C@@H](O)[C@@H]1[C@@H]2C[C@H](OCC=C)[C@]2(C)[C@@H]([C@H](C)CCCC)CC[C@@H]12. The Morgan fingerprint density at radius 2 is 1.74 bits per heavy atom. The molecular weight excluding hydrogens is 420 g/mol. The van der Waals surface area contributed by atoms with E-state index >= 15 is 0 Å². The molecule has 0 aliphatic heterocycles. The van der Waals surface area contributed by atoms with Gasteiger partial charge in [0.05, 0.1) is 31.5 Å². The zero-order chi connectivity index (χ0) is 24.5. The zero-order valence-corrected chi connectivity index (χ0v) is 22.5. The first kappa shape index (κ1) is 26.4. The Morgan fingerprint density at radius 1 is 1.00 bits per heavy atom. The third kappa shape index (κ3) is 4.48. The quantitative estimate of drug-likeness (QED) is 0.342. The molecule has 4 fully saturated rings. The molecule has 0 spiro atoms. The number of aliphatic hydroxyl groups excluding tert-OH is 1. The number of hydrogen-bond donors (Lipinski definition) is 1. The zero-order valence-electron chi connectivity index (χ0n) is 22.5. The number of rotatable bonds is 10. The van der Waals surface area contributed by atoms with Crippen LogP contribution in [-0.2, 0) is 9.47 Å². The van der Waals surface area contributed by atoms with E-state index in [-0.39, 0.29) is 23.0 Å². The summed E-state index contributed by atoms with van der Waals surface area (Å²) in [6.07, 6.45) is 16.1. The maximum atomic E-state index is 11.7. The van der Waals surface area contributed by atoms with Crippen LogP contribution >= 0.6 is 0 Å². The van der Waals surface area contributed by atoms with Crippen molar-refractivity contribution in [1.29, 1.82) is 0 Å². The number of fused-ring (bicyclic) bond motifs is 5. The maximum absolute atomic E-state index is 11.7. The third-order valence-corrected chi connectivity index (χ3v) is 11.3. The first-order valence-corrected chi connectivity index (χ1v) is 14.4. The van der Waals surface area contributed by atoms with Crippen LogP contribution in [0.25, 0.3) is 0 Å². The van der Waals surface area contributed by atoms with Crippen molar-refractivity contribution in [2.75, 3.05) is 13.2 Å². The minimum atomic E-state index is -0.185. The minimum Gasteiger partial charge on any atom is -0.393 e. The third-order valence-electron chi connectivity index (χ3n) is 11.3. The molecule has 0 heterocycles. The van der Waals surface area contributed by atoms with Crippen molar-refractivity contribution in [2.45, 2.75) is 110 Å². The minimum absolute atomic E-state index is 0.159. The predicted octanol–water partition coefficient (Wildman–Crippen LogP) is 7.19. The first-order valence-electron chi connectivity index (χ1n) is 14.4. The second-order valence-corrected chi connectivity index (χ2v) is 12.8. The van der Waals surface area contributed by atoms with Crippen LogP contribution in [0.5, 0.6) is 0 Å². The molecule has 11 atom stereocenters. The van der Waals surface area contributed by atoms with Crippen LogP contribution < -0.4 is 0 Å². The van der Waals surface area contributed by atoms with Crippen molar-refractivity contribution in [3.8, 4) is 0 Å². The molecule has 0 aromatic carbocycles. The lowest BCUT2D eigenvalue weighted by molar-refractivity contribution is -0.217. The lowest BCUT2D eigenvalue weighted by atomic mass is 9.43. The number of aliphatic hydroxyl groups is 1. The molecule has 4 rings (SSSR count). The average Bonchev–Trinajstić information content (AvgIpc) is 3.18. The Kier molecular flexibility index (Phi) is 8.37. The van der Waals surface area contributed by atoms with Crippen LogP contribution in [0.2, 0.25) is 0 Å². The van der Waals surface area contributed by atoms with E-state index in [9.17, 15) is 5.11 Å². The van der Waals surface area contributed by atoms with Gasteiger partial charge in [-0.2, -0.15) is 0 Å². The Hall–Kier alpha value is -0.640. The first-order chi connectivity index (χ1) is 16.3. The highest BCUT2D eigenvalue weighted by molar-refractivity contribution is 5.15. The fraction of sp³-hybridized carbons (Fsp3) is 0.871. The molecule has 4 aliphatic rings. The number of unbranched alkanes of at least 4 members (excludes halogenated alkanes) is 1. The van der Waals surface area contributed by atoms with Gasteiger partial charge in [-0.25, -0.2) is 0 Å². The molecule has 4 saturated carbocycles. The van der Waals surface area contributed by atoms with Gasteiger partial charge in [-0.1, -0.05) is 59.1 Å². The molecule has 0 aromatic heterocycles.